The number of nitrogens with one attached hydrogen (secondary N) is 1. The third-order valence-corrected chi connectivity index (χ3v) is 4.82. The smallest absolute Gasteiger partial charge is 0.262 e. The Kier molecular flexibility index (Phi) is 6.12. The summed E-state index contributed by atoms with van der Waals surface area (Å²) in [6, 6.07) is 13.0. The largest absolute Gasteiger partial charge is 0.484 e. The minimum Gasteiger partial charge on any atom is -0.484 e. The lowest BCUT2D eigenvalue weighted by Crippen LogP contribution is -2.21. The van der Waals surface area contributed by atoms with Gasteiger partial charge in [0, 0.05) is 36.4 Å². The zero-order chi connectivity index (χ0) is 19.2. The number of carbonyl (C=O) groups is 2. The Bertz CT molecular complexity index is 809. The first-order valence-corrected chi connectivity index (χ1v) is 9.48. The van der Waals surface area contributed by atoms with Gasteiger partial charge >= 0.3 is 0 Å². The molecule has 0 bridgehead atoms. The van der Waals surface area contributed by atoms with Crippen LogP contribution in [-0.4, -0.2) is 31.4 Å². The van der Waals surface area contributed by atoms with Crippen LogP contribution in [0.1, 0.15) is 42.1 Å². The highest BCUT2D eigenvalue weighted by molar-refractivity contribution is 5.96. The molecule has 1 N–H and O–H groups in total. The van der Waals surface area contributed by atoms with Crippen molar-refractivity contribution in [3.63, 3.8) is 0 Å². The van der Waals surface area contributed by atoms with Crippen LogP contribution in [0.5, 0.6) is 5.75 Å². The van der Waals surface area contributed by atoms with Crippen LogP contribution in [0.4, 0.5) is 11.4 Å². The number of ether oxygens (including phenoxy) is 1. The number of benzene rings is 2. The predicted molar refractivity (Wildman–Crippen MR) is 108 cm³/mol. The van der Waals surface area contributed by atoms with Crippen molar-refractivity contribution >= 4 is 23.1 Å². The Labute approximate surface area is 160 Å². The fraction of sp³-hybridized carbons (Fsp3) is 0.364. The second-order valence-electron chi connectivity index (χ2n) is 6.83. The van der Waals surface area contributed by atoms with Gasteiger partial charge in [-0.3, -0.25) is 9.59 Å². The van der Waals surface area contributed by atoms with Gasteiger partial charge in [-0.2, -0.15) is 0 Å². The molecule has 1 fully saturated rings. The molecule has 1 aliphatic heterocycles. The van der Waals surface area contributed by atoms with Gasteiger partial charge in [0.05, 0.1) is 0 Å². The van der Waals surface area contributed by atoms with E-state index < -0.39 is 0 Å². The van der Waals surface area contributed by atoms with Crippen molar-refractivity contribution in [1.29, 1.82) is 0 Å². The van der Waals surface area contributed by atoms with Crippen LogP contribution in [0.3, 0.4) is 0 Å². The molecule has 2 aromatic rings. The van der Waals surface area contributed by atoms with Crippen molar-refractivity contribution in [2.45, 2.75) is 33.1 Å². The summed E-state index contributed by atoms with van der Waals surface area (Å²) in [4.78, 5) is 26.2. The lowest BCUT2D eigenvalue weighted by molar-refractivity contribution is -0.118. The van der Waals surface area contributed by atoms with Gasteiger partial charge in [-0.05, 0) is 67.8 Å². The molecule has 1 saturated heterocycles. The second-order valence-corrected chi connectivity index (χ2v) is 6.83. The van der Waals surface area contributed by atoms with E-state index in [2.05, 4.69) is 22.3 Å². The van der Waals surface area contributed by atoms with Crippen molar-refractivity contribution in [1.82, 2.24) is 0 Å². The summed E-state index contributed by atoms with van der Waals surface area (Å²) in [5.41, 5.74) is 3.70. The zero-order valence-electron chi connectivity index (χ0n) is 16.0. The summed E-state index contributed by atoms with van der Waals surface area (Å²) in [6.45, 7) is 5.95. The number of Topliss-reactive ketones (excluding diaryl/α,β-unsaturated/α-hetero) is 1. The van der Waals surface area contributed by atoms with E-state index in [0.29, 0.717) is 17.7 Å². The van der Waals surface area contributed by atoms with Gasteiger partial charge in [-0.25, -0.2) is 0 Å². The molecular formula is C22H26N2O3. The maximum atomic E-state index is 12.2. The molecule has 0 unspecified atom stereocenters. The summed E-state index contributed by atoms with van der Waals surface area (Å²) in [6.07, 6.45) is 2.95. The maximum absolute atomic E-state index is 12.2. The molecule has 0 aromatic heterocycles. The highest BCUT2D eigenvalue weighted by Gasteiger charge is 2.14. The van der Waals surface area contributed by atoms with Crippen LogP contribution >= 0.6 is 0 Å². The number of rotatable bonds is 7. The quantitative estimate of drug-likeness (QED) is 0.746. The highest BCUT2D eigenvalue weighted by atomic mass is 16.5. The maximum Gasteiger partial charge on any atom is 0.262 e. The fourth-order valence-electron chi connectivity index (χ4n) is 3.24. The van der Waals surface area contributed by atoms with Crippen molar-refractivity contribution in [3.8, 4) is 5.75 Å². The molecule has 2 aromatic carbocycles. The average molecular weight is 366 g/mol. The molecule has 5 heteroatoms. The molecule has 0 atom stereocenters. The van der Waals surface area contributed by atoms with Gasteiger partial charge in [0.15, 0.2) is 12.4 Å². The van der Waals surface area contributed by atoms with E-state index in [4.69, 9.17) is 4.74 Å². The predicted octanol–water partition coefficient (Wildman–Crippen LogP) is 4.21. The molecule has 1 heterocycles. The Morgan fingerprint density at radius 2 is 1.78 bits per heavy atom. The number of amides is 1. The SMILES string of the molecule is CCC(=O)c1ccc(OCC(=O)Nc2ccc(N3CCCC3)cc2C)cc1. The standard InChI is InChI=1S/C22H26N2O3/c1-3-21(25)17-6-9-19(10-7-17)27-15-22(26)23-20-11-8-18(14-16(20)2)24-12-4-5-13-24/h6-11,14H,3-5,12-13,15H2,1-2H3,(H,23,26). The molecular weight excluding hydrogens is 340 g/mol. The van der Waals surface area contributed by atoms with E-state index in [1.807, 2.05) is 19.9 Å². The van der Waals surface area contributed by atoms with Gasteiger partial charge in [0.25, 0.3) is 5.91 Å². The second kappa shape index (κ2) is 8.71. The van der Waals surface area contributed by atoms with Gasteiger partial charge in [-0.1, -0.05) is 6.92 Å². The number of anilines is 2. The highest BCUT2D eigenvalue weighted by Crippen LogP contribution is 2.25. The van der Waals surface area contributed by atoms with Crippen LogP contribution < -0.4 is 15.0 Å². The van der Waals surface area contributed by atoms with Crippen LogP contribution in [0, 0.1) is 6.92 Å². The zero-order valence-corrected chi connectivity index (χ0v) is 16.0. The Morgan fingerprint density at radius 1 is 1.07 bits per heavy atom. The van der Waals surface area contributed by atoms with Gasteiger partial charge in [0.2, 0.25) is 0 Å². The molecule has 27 heavy (non-hydrogen) atoms. The van der Waals surface area contributed by atoms with E-state index in [-0.39, 0.29) is 18.3 Å². The molecule has 3 rings (SSSR count). The first-order chi connectivity index (χ1) is 13.1. The van der Waals surface area contributed by atoms with Gasteiger partial charge in [0.1, 0.15) is 5.75 Å². The van der Waals surface area contributed by atoms with Crippen molar-refractivity contribution in [2.75, 3.05) is 29.9 Å². The third-order valence-electron chi connectivity index (χ3n) is 4.82. The molecule has 0 saturated carbocycles. The van der Waals surface area contributed by atoms with Crippen molar-refractivity contribution < 1.29 is 14.3 Å². The van der Waals surface area contributed by atoms with Crippen molar-refractivity contribution in [2.24, 2.45) is 0 Å². The molecule has 0 spiro atoms. The molecule has 0 radical (unpaired) electrons. The Morgan fingerprint density at radius 3 is 2.41 bits per heavy atom. The average Bonchev–Trinajstić information content (AvgIpc) is 3.22. The summed E-state index contributed by atoms with van der Waals surface area (Å²) in [5, 5.41) is 2.90. The van der Waals surface area contributed by atoms with E-state index in [1.54, 1.807) is 24.3 Å². The number of nitrogens with zero attached hydrogens (tertiary/aromatic N) is 1. The number of hydrogen-bond donors (Lipinski definition) is 1. The van der Waals surface area contributed by atoms with E-state index in [0.717, 1.165) is 24.3 Å². The van der Waals surface area contributed by atoms with Crippen LogP contribution in [0.2, 0.25) is 0 Å². The first-order valence-electron chi connectivity index (χ1n) is 9.48. The fourth-order valence-corrected chi connectivity index (χ4v) is 3.24. The molecule has 0 aliphatic carbocycles. The molecule has 5 nitrogen and oxygen atoms in total. The van der Waals surface area contributed by atoms with Gasteiger partial charge < -0.3 is 15.0 Å². The summed E-state index contributed by atoms with van der Waals surface area (Å²) < 4.78 is 5.52. The molecule has 1 amide bonds. The van der Waals surface area contributed by atoms with Gasteiger partial charge in [-0.15, -0.1) is 0 Å². The minimum absolute atomic E-state index is 0.0750. The van der Waals surface area contributed by atoms with Crippen LogP contribution in [-0.2, 0) is 4.79 Å². The third kappa shape index (κ3) is 4.88. The first kappa shape index (κ1) is 19.0. The number of aryl methyl sites for hydroxylation is 1. The summed E-state index contributed by atoms with van der Waals surface area (Å²) in [5.74, 6) is 0.451. The van der Waals surface area contributed by atoms with Crippen LogP contribution in [0.15, 0.2) is 42.5 Å². The normalized spacial score (nSPS) is 13.5. The monoisotopic (exact) mass is 366 g/mol. The van der Waals surface area contributed by atoms with E-state index in [9.17, 15) is 9.59 Å². The summed E-state index contributed by atoms with van der Waals surface area (Å²) >= 11 is 0. The van der Waals surface area contributed by atoms with Crippen molar-refractivity contribution in [3.05, 3.63) is 53.6 Å². The van der Waals surface area contributed by atoms with E-state index >= 15 is 0 Å². The minimum atomic E-state index is -0.208. The number of carbonyl (C=O) groups excluding carboxylic acids is 2. The summed E-state index contributed by atoms with van der Waals surface area (Å²) in [7, 11) is 0. The lowest BCUT2D eigenvalue weighted by atomic mass is 10.1. The number of hydrogen-bond acceptors (Lipinski definition) is 4. The molecule has 1 aliphatic rings. The molecule has 142 valence electrons. The lowest BCUT2D eigenvalue weighted by Gasteiger charge is -2.19. The van der Waals surface area contributed by atoms with Crippen LogP contribution in [0.25, 0.3) is 0 Å². The topological polar surface area (TPSA) is 58.6 Å². The number of ketones is 1. The Balaban J connectivity index is 1.53. The Hall–Kier alpha value is -2.82. The van der Waals surface area contributed by atoms with E-state index in [1.165, 1.54) is 18.5 Å².